The third-order valence-corrected chi connectivity index (χ3v) is 5.89. The average Bonchev–Trinajstić information content (AvgIpc) is 3.31. The summed E-state index contributed by atoms with van der Waals surface area (Å²) in [6.07, 6.45) is 2.64. The maximum atomic E-state index is 12.3. The molecule has 2 aromatic carbocycles. The molecule has 1 aliphatic rings. The van der Waals surface area contributed by atoms with Gasteiger partial charge in [0.15, 0.2) is 0 Å². The maximum absolute atomic E-state index is 12.3. The molecule has 7 heteroatoms. The first kappa shape index (κ1) is 20.3. The Morgan fingerprint density at radius 1 is 1.17 bits per heavy atom. The third kappa shape index (κ3) is 4.93. The first-order valence-electron chi connectivity index (χ1n) is 10.0. The summed E-state index contributed by atoms with van der Waals surface area (Å²) in [7, 11) is 0. The molecule has 0 saturated carbocycles. The zero-order valence-corrected chi connectivity index (χ0v) is 17.7. The van der Waals surface area contributed by atoms with E-state index in [4.69, 9.17) is 4.74 Å². The number of ether oxygens (including phenoxy) is 1. The second-order valence-electron chi connectivity index (χ2n) is 6.98. The lowest BCUT2D eigenvalue weighted by Gasteiger charge is -2.28. The van der Waals surface area contributed by atoms with Gasteiger partial charge in [-0.15, -0.1) is 11.3 Å². The molecule has 0 spiro atoms. The summed E-state index contributed by atoms with van der Waals surface area (Å²) >= 11 is 1.45. The SMILES string of the molecule is CCc1ccc(-c2nc(C(=O)N/N=C\c3ccc(N4CCOCC4)cc3)cs2)cc1. The van der Waals surface area contributed by atoms with Crippen molar-refractivity contribution >= 4 is 29.1 Å². The lowest BCUT2D eigenvalue weighted by Crippen LogP contribution is -2.36. The van der Waals surface area contributed by atoms with E-state index in [1.54, 1.807) is 11.6 Å². The summed E-state index contributed by atoms with van der Waals surface area (Å²) in [6.45, 7) is 5.46. The van der Waals surface area contributed by atoms with Crippen LogP contribution >= 0.6 is 11.3 Å². The minimum atomic E-state index is -0.316. The summed E-state index contributed by atoms with van der Waals surface area (Å²) in [4.78, 5) is 19.1. The number of aromatic nitrogens is 1. The molecule has 1 fully saturated rings. The highest BCUT2D eigenvalue weighted by Crippen LogP contribution is 2.24. The average molecular weight is 421 g/mol. The summed E-state index contributed by atoms with van der Waals surface area (Å²) in [5, 5.41) is 6.65. The molecule has 1 N–H and O–H groups in total. The van der Waals surface area contributed by atoms with Crippen molar-refractivity contribution in [2.24, 2.45) is 5.10 Å². The lowest BCUT2D eigenvalue weighted by atomic mass is 10.1. The van der Waals surface area contributed by atoms with Gasteiger partial charge in [-0.1, -0.05) is 43.3 Å². The Morgan fingerprint density at radius 3 is 2.60 bits per heavy atom. The molecular formula is C23H24N4O2S. The second kappa shape index (κ2) is 9.65. The number of rotatable bonds is 6. The van der Waals surface area contributed by atoms with Gasteiger partial charge in [-0.05, 0) is 29.7 Å². The predicted octanol–water partition coefficient (Wildman–Crippen LogP) is 3.97. The van der Waals surface area contributed by atoms with Gasteiger partial charge in [0.1, 0.15) is 10.7 Å². The molecular weight excluding hydrogens is 396 g/mol. The number of anilines is 1. The lowest BCUT2D eigenvalue weighted by molar-refractivity contribution is 0.0951. The Bertz CT molecular complexity index is 1010. The topological polar surface area (TPSA) is 66.8 Å². The normalized spacial score (nSPS) is 14.2. The van der Waals surface area contributed by atoms with Crippen LogP contribution in [0.1, 0.15) is 28.5 Å². The first-order chi connectivity index (χ1) is 14.7. The van der Waals surface area contributed by atoms with Crippen LogP contribution in [0, 0.1) is 0 Å². The smallest absolute Gasteiger partial charge is 0.290 e. The molecule has 1 amide bonds. The zero-order valence-electron chi connectivity index (χ0n) is 16.9. The van der Waals surface area contributed by atoms with Gasteiger partial charge in [0, 0.05) is 29.7 Å². The summed E-state index contributed by atoms with van der Waals surface area (Å²) < 4.78 is 5.39. The van der Waals surface area contributed by atoms with E-state index in [0.717, 1.165) is 48.9 Å². The molecule has 6 nitrogen and oxygen atoms in total. The van der Waals surface area contributed by atoms with E-state index in [0.29, 0.717) is 5.69 Å². The number of morpholine rings is 1. The maximum Gasteiger partial charge on any atom is 0.290 e. The number of hydrazone groups is 1. The molecule has 30 heavy (non-hydrogen) atoms. The molecule has 154 valence electrons. The minimum absolute atomic E-state index is 0.316. The monoisotopic (exact) mass is 420 g/mol. The highest BCUT2D eigenvalue weighted by atomic mass is 32.1. The van der Waals surface area contributed by atoms with Gasteiger partial charge in [-0.2, -0.15) is 5.10 Å². The first-order valence-corrected chi connectivity index (χ1v) is 10.9. The van der Waals surface area contributed by atoms with Crippen molar-refractivity contribution in [3.8, 4) is 10.6 Å². The minimum Gasteiger partial charge on any atom is -0.378 e. The van der Waals surface area contributed by atoms with Crippen molar-refractivity contribution in [1.82, 2.24) is 10.4 Å². The Morgan fingerprint density at radius 2 is 1.90 bits per heavy atom. The van der Waals surface area contributed by atoms with Crippen LogP contribution in [0.15, 0.2) is 59.0 Å². The number of aryl methyl sites for hydroxylation is 1. The largest absolute Gasteiger partial charge is 0.378 e. The van der Waals surface area contributed by atoms with E-state index in [-0.39, 0.29) is 5.91 Å². The highest BCUT2D eigenvalue weighted by molar-refractivity contribution is 7.13. The predicted molar refractivity (Wildman–Crippen MR) is 121 cm³/mol. The van der Waals surface area contributed by atoms with Gasteiger partial charge >= 0.3 is 0 Å². The number of thiazole rings is 1. The van der Waals surface area contributed by atoms with E-state index in [1.165, 1.54) is 22.6 Å². The Labute approximate surface area is 180 Å². The van der Waals surface area contributed by atoms with Gasteiger partial charge in [0.05, 0.1) is 19.4 Å². The quantitative estimate of drug-likeness (QED) is 0.484. The number of nitrogens with one attached hydrogen (secondary N) is 1. The molecule has 0 atom stereocenters. The van der Waals surface area contributed by atoms with Crippen LogP contribution < -0.4 is 10.3 Å². The van der Waals surface area contributed by atoms with E-state index in [9.17, 15) is 4.79 Å². The van der Waals surface area contributed by atoms with Crippen LogP contribution in [0.25, 0.3) is 10.6 Å². The van der Waals surface area contributed by atoms with E-state index < -0.39 is 0 Å². The standard InChI is InChI=1S/C23H24N4O2S/c1-2-17-3-7-19(8-4-17)23-25-21(16-30-23)22(28)26-24-15-18-5-9-20(10-6-18)27-11-13-29-14-12-27/h3-10,15-16H,2,11-14H2,1H3,(H,26,28)/b24-15-. The second-order valence-corrected chi connectivity index (χ2v) is 7.84. The number of carbonyl (C=O) groups excluding carboxylic acids is 1. The van der Waals surface area contributed by atoms with Crippen LogP contribution in [-0.4, -0.2) is 43.4 Å². The van der Waals surface area contributed by atoms with E-state index in [2.05, 4.69) is 51.6 Å². The molecule has 1 aromatic heterocycles. The molecule has 2 heterocycles. The van der Waals surface area contributed by atoms with Gasteiger partial charge in [0.25, 0.3) is 5.91 Å². The molecule has 0 aliphatic carbocycles. The molecule has 0 bridgehead atoms. The van der Waals surface area contributed by atoms with E-state index >= 15 is 0 Å². The number of hydrogen-bond donors (Lipinski definition) is 1. The van der Waals surface area contributed by atoms with Crippen molar-refractivity contribution in [3.05, 3.63) is 70.7 Å². The van der Waals surface area contributed by atoms with Crippen LogP contribution in [0.2, 0.25) is 0 Å². The van der Waals surface area contributed by atoms with Crippen LogP contribution in [0.4, 0.5) is 5.69 Å². The van der Waals surface area contributed by atoms with Crippen LogP contribution in [-0.2, 0) is 11.2 Å². The fourth-order valence-electron chi connectivity index (χ4n) is 3.21. The fourth-order valence-corrected chi connectivity index (χ4v) is 4.02. The van der Waals surface area contributed by atoms with Gasteiger partial charge in [-0.25, -0.2) is 10.4 Å². The molecule has 1 saturated heterocycles. The van der Waals surface area contributed by atoms with Crippen LogP contribution in [0.3, 0.4) is 0 Å². The molecule has 1 aliphatic heterocycles. The van der Waals surface area contributed by atoms with Crippen molar-refractivity contribution in [2.45, 2.75) is 13.3 Å². The zero-order chi connectivity index (χ0) is 20.8. The number of carbonyl (C=O) groups is 1. The molecule has 3 aromatic rings. The fraction of sp³-hybridized carbons (Fsp3) is 0.261. The Balaban J connectivity index is 1.34. The highest BCUT2D eigenvalue weighted by Gasteiger charge is 2.12. The van der Waals surface area contributed by atoms with Gasteiger partial charge < -0.3 is 9.64 Å². The Kier molecular flexibility index (Phi) is 6.51. The third-order valence-electron chi connectivity index (χ3n) is 4.99. The Hall–Kier alpha value is -3.03. The summed E-state index contributed by atoms with van der Waals surface area (Å²) in [5.41, 5.74) is 7.31. The van der Waals surface area contributed by atoms with Gasteiger partial charge in [-0.3, -0.25) is 4.79 Å². The number of amides is 1. The van der Waals surface area contributed by atoms with Crippen molar-refractivity contribution in [2.75, 3.05) is 31.2 Å². The molecule has 0 unspecified atom stereocenters. The summed E-state index contributed by atoms with van der Waals surface area (Å²) in [6, 6.07) is 16.4. The number of benzene rings is 2. The van der Waals surface area contributed by atoms with Crippen molar-refractivity contribution in [1.29, 1.82) is 0 Å². The number of nitrogens with zero attached hydrogens (tertiary/aromatic N) is 3. The summed E-state index contributed by atoms with van der Waals surface area (Å²) in [5.74, 6) is -0.316. The van der Waals surface area contributed by atoms with Crippen molar-refractivity contribution in [3.63, 3.8) is 0 Å². The molecule has 0 radical (unpaired) electrons. The van der Waals surface area contributed by atoms with E-state index in [1.807, 2.05) is 24.3 Å². The van der Waals surface area contributed by atoms with Gasteiger partial charge in [0.2, 0.25) is 0 Å². The number of hydrogen-bond acceptors (Lipinski definition) is 6. The molecule has 4 rings (SSSR count). The van der Waals surface area contributed by atoms with Crippen LogP contribution in [0.5, 0.6) is 0 Å². The van der Waals surface area contributed by atoms with Crippen molar-refractivity contribution < 1.29 is 9.53 Å².